The zero-order valence-electron chi connectivity index (χ0n) is 17.9. The molecule has 3 saturated carbocycles. The molecule has 0 spiro atoms. The van der Waals surface area contributed by atoms with Gasteiger partial charge in [0.25, 0.3) is 0 Å². The molecule has 5 rings (SSSR count). The van der Waals surface area contributed by atoms with E-state index in [0.29, 0.717) is 23.7 Å². The van der Waals surface area contributed by atoms with Crippen molar-refractivity contribution < 1.29 is 21.6 Å². The molecule has 11 heteroatoms. The summed E-state index contributed by atoms with van der Waals surface area (Å²) in [5.74, 6) is -0.534. The standard InChI is InChI=1S/C22H25F3N4O2S2/c23-22(24,25)15-3-1-2-14(10-15)13-33(30,31)21-26-11-19(29(21)18-8-9-18)12-28(17-6-7-17)20(32)27-16-4-5-16/h1-3,10-11,16-18H,4-9,12-13H2,(H,27,32). The van der Waals surface area contributed by atoms with Crippen molar-refractivity contribution in [1.82, 2.24) is 19.8 Å². The molecule has 3 aliphatic carbocycles. The minimum Gasteiger partial charge on any atom is -0.360 e. The summed E-state index contributed by atoms with van der Waals surface area (Å²) >= 11 is 5.62. The van der Waals surface area contributed by atoms with Crippen molar-refractivity contribution in [3.05, 3.63) is 47.3 Å². The van der Waals surface area contributed by atoms with Gasteiger partial charge in [-0.3, -0.25) is 0 Å². The molecule has 0 radical (unpaired) electrons. The molecule has 0 bridgehead atoms. The van der Waals surface area contributed by atoms with Crippen LogP contribution in [0, 0.1) is 0 Å². The van der Waals surface area contributed by atoms with Crippen LogP contribution >= 0.6 is 12.2 Å². The lowest BCUT2D eigenvalue weighted by molar-refractivity contribution is -0.137. The van der Waals surface area contributed by atoms with Crippen LogP contribution in [0.5, 0.6) is 0 Å². The second-order valence-electron chi connectivity index (χ2n) is 9.17. The highest BCUT2D eigenvalue weighted by molar-refractivity contribution is 7.90. The number of sulfone groups is 1. The Balaban J connectivity index is 1.40. The molecule has 0 amide bonds. The van der Waals surface area contributed by atoms with E-state index in [1.165, 1.54) is 12.1 Å². The molecule has 1 N–H and O–H groups in total. The molecule has 3 fully saturated rings. The van der Waals surface area contributed by atoms with Crippen molar-refractivity contribution >= 4 is 27.2 Å². The molecule has 33 heavy (non-hydrogen) atoms. The maximum absolute atomic E-state index is 13.2. The summed E-state index contributed by atoms with van der Waals surface area (Å²) in [4.78, 5) is 6.36. The molecule has 0 aliphatic heterocycles. The summed E-state index contributed by atoms with van der Waals surface area (Å²) in [7, 11) is -3.94. The fourth-order valence-electron chi connectivity index (χ4n) is 3.98. The number of rotatable bonds is 8. The van der Waals surface area contributed by atoms with Gasteiger partial charge in [-0.1, -0.05) is 18.2 Å². The predicted octanol–water partition coefficient (Wildman–Crippen LogP) is 4.21. The van der Waals surface area contributed by atoms with Crippen LogP contribution in [-0.4, -0.2) is 40.1 Å². The number of hydrogen-bond donors (Lipinski definition) is 1. The molecule has 3 aliphatic rings. The molecule has 1 aromatic carbocycles. The number of imidazole rings is 1. The number of thiocarbonyl (C=S) groups is 1. The lowest BCUT2D eigenvalue weighted by atomic mass is 10.1. The Hall–Kier alpha value is -2.14. The zero-order valence-corrected chi connectivity index (χ0v) is 19.5. The Morgan fingerprint density at radius 2 is 1.91 bits per heavy atom. The highest BCUT2D eigenvalue weighted by Gasteiger charge is 2.38. The van der Waals surface area contributed by atoms with E-state index >= 15 is 0 Å². The van der Waals surface area contributed by atoms with Crippen LogP contribution in [0.4, 0.5) is 13.2 Å². The van der Waals surface area contributed by atoms with Crippen molar-refractivity contribution in [3.63, 3.8) is 0 Å². The Bertz CT molecular complexity index is 1170. The van der Waals surface area contributed by atoms with Gasteiger partial charge >= 0.3 is 6.18 Å². The Morgan fingerprint density at radius 1 is 1.18 bits per heavy atom. The molecule has 0 saturated heterocycles. The van der Waals surface area contributed by atoms with Crippen molar-refractivity contribution in [2.75, 3.05) is 0 Å². The van der Waals surface area contributed by atoms with Crippen molar-refractivity contribution in [3.8, 4) is 0 Å². The van der Waals surface area contributed by atoms with E-state index in [4.69, 9.17) is 12.2 Å². The molecule has 0 atom stereocenters. The summed E-state index contributed by atoms with van der Waals surface area (Å²) in [6.07, 6.45) is 3.06. The molecule has 6 nitrogen and oxygen atoms in total. The first-order valence-electron chi connectivity index (χ1n) is 11.1. The second-order valence-corrected chi connectivity index (χ2v) is 11.4. The van der Waals surface area contributed by atoms with Crippen LogP contribution in [0.3, 0.4) is 0 Å². The average molecular weight is 499 g/mol. The molecule has 0 unspecified atom stereocenters. The van der Waals surface area contributed by atoms with E-state index in [1.807, 2.05) is 0 Å². The van der Waals surface area contributed by atoms with Crippen LogP contribution in [0.1, 0.15) is 61.4 Å². The SMILES string of the molecule is O=S(=O)(Cc1cccc(C(F)(F)F)c1)c1ncc(CN(C(=S)NC2CC2)C2CC2)n1C1CC1. The number of aromatic nitrogens is 2. The number of hydrogen-bond acceptors (Lipinski definition) is 4. The number of nitrogens with zero attached hydrogens (tertiary/aromatic N) is 3. The minimum atomic E-state index is -4.53. The van der Waals surface area contributed by atoms with E-state index in [0.717, 1.165) is 56.4 Å². The van der Waals surface area contributed by atoms with Gasteiger partial charge in [-0.25, -0.2) is 13.4 Å². The van der Waals surface area contributed by atoms with Gasteiger partial charge in [0, 0.05) is 18.1 Å². The number of benzene rings is 1. The van der Waals surface area contributed by atoms with E-state index < -0.39 is 27.3 Å². The largest absolute Gasteiger partial charge is 0.416 e. The van der Waals surface area contributed by atoms with Gasteiger partial charge in [0.05, 0.1) is 29.8 Å². The maximum atomic E-state index is 13.2. The third-order valence-electron chi connectivity index (χ3n) is 6.13. The van der Waals surface area contributed by atoms with Gasteiger partial charge in [0.1, 0.15) is 0 Å². The van der Waals surface area contributed by atoms with Gasteiger partial charge in [0.15, 0.2) is 5.11 Å². The zero-order chi connectivity index (χ0) is 23.4. The smallest absolute Gasteiger partial charge is 0.360 e. The fraction of sp³-hybridized carbons (Fsp3) is 0.545. The first-order valence-corrected chi connectivity index (χ1v) is 13.2. The third-order valence-corrected chi connectivity index (χ3v) is 8.05. The fourth-order valence-corrected chi connectivity index (χ4v) is 5.89. The van der Waals surface area contributed by atoms with E-state index in [2.05, 4.69) is 15.2 Å². The van der Waals surface area contributed by atoms with Gasteiger partial charge in [-0.15, -0.1) is 0 Å². The highest BCUT2D eigenvalue weighted by atomic mass is 32.2. The summed E-state index contributed by atoms with van der Waals surface area (Å²) < 4.78 is 67.4. The normalized spacial score (nSPS) is 18.9. The molecular weight excluding hydrogens is 473 g/mol. The number of nitrogens with one attached hydrogen (secondary N) is 1. The first kappa shape index (κ1) is 22.6. The number of alkyl halides is 3. The molecular formula is C22H25F3N4O2S2. The van der Waals surface area contributed by atoms with Gasteiger partial charge < -0.3 is 14.8 Å². The highest BCUT2D eigenvalue weighted by Crippen LogP contribution is 2.40. The van der Waals surface area contributed by atoms with Crippen LogP contribution in [0.15, 0.2) is 35.6 Å². The second kappa shape index (κ2) is 8.26. The monoisotopic (exact) mass is 498 g/mol. The minimum absolute atomic E-state index is 0.0415. The van der Waals surface area contributed by atoms with E-state index in [1.54, 1.807) is 10.8 Å². The predicted molar refractivity (Wildman–Crippen MR) is 120 cm³/mol. The molecule has 178 valence electrons. The van der Waals surface area contributed by atoms with E-state index in [-0.39, 0.29) is 16.8 Å². The van der Waals surface area contributed by atoms with Crippen LogP contribution in [-0.2, 0) is 28.3 Å². The van der Waals surface area contributed by atoms with Gasteiger partial charge in [0.2, 0.25) is 15.0 Å². The third kappa shape index (κ3) is 5.18. The summed E-state index contributed by atoms with van der Waals surface area (Å²) in [6, 6.07) is 5.26. The summed E-state index contributed by atoms with van der Waals surface area (Å²) in [5.41, 5.74) is -0.00345. The molecule has 2 aromatic rings. The van der Waals surface area contributed by atoms with Crippen molar-refractivity contribution in [2.24, 2.45) is 0 Å². The molecule has 1 heterocycles. The Morgan fingerprint density at radius 3 is 2.52 bits per heavy atom. The van der Waals surface area contributed by atoms with Crippen LogP contribution < -0.4 is 5.32 Å². The summed E-state index contributed by atoms with van der Waals surface area (Å²) in [5, 5.41) is 3.98. The van der Waals surface area contributed by atoms with Gasteiger partial charge in [-0.2, -0.15) is 13.2 Å². The average Bonchev–Trinajstić information content (AvgIpc) is 3.59. The lowest BCUT2D eigenvalue weighted by Crippen LogP contribution is -2.42. The van der Waals surface area contributed by atoms with Crippen molar-refractivity contribution in [1.29, 1.82) is 0 Å². The topological polar surface area (TPSA) is 67.2 Å². The summed E-state index contributed by atoms with van der Waals surface area (Å²) in [6.45, 7) is 0.464. The van der Waals surface area contributed by atoms with E-state index in [9.17, 15) is 21.6 Å². The van der Waals surface area contributed by atoms with Gasteiger partial charge in [-0.05, 0) is 62.4 Å². The maximum Gasteiger partial charge on any atom is 0.416 e. The van der Waals surface area contributed by atoms with Crippen LogP contribution in [0.2, 0.25) is 0 Å². The molecule has 1 aromatic heterocycles. The quantitative estimate of drug-likeness (QED) is 0.550. The first-order chi connectivity index (χ1) is 15.6. The Labute approximate surface area is 196 Å². The lowest BCUT2D eigenvalue weighted by Gasteiger charge is -2.26. The van der Waals surface area contributed by atoms with Crippen LogP contribution in [0.25, 0.3) is 0 Å². The number of halogens is 3. The Kier molecular flexibility index (Phi) is 5.67. The van der Waals surface area contributed by atoms with Crippen molar-refractivity contribution in [2.45, 2.75) is 80.3 Å².